The number of aromatic nitrogens is 2. The van der Waals surface area contributed by atoms with Crippen molar-refractivity contribution in [1.29, 1.82) is 0 Å². The highest BCUT2D eigenvalue weighted by atomic mass is 35.5. The maximum absolute atomic E-state index is 6.28. The monoisotopic (exact) mass is 337 g/mol. The Morgan fingerprint density at radius 2 is 2.09 bits per heavy atom. The van der Waals surface area contributed by atoms with E-state index < -0.39 is 0 Å². The molecular weight excluding hydrogens is 314 g/mol. The van der Waals surface area contributed by atoms with Crippen molar-refractivity contribution >= 4 is 35.3 Å². The highest BCUT2D eigenvalue weighted by Crippen LogP contribution is 2.43. The Bertz CT molecular complexity index is 742. The van der Waals surface area contributed by atoms with Crippen LogP contribution in [0.1, 0.15) is 44.4 Å². The van der Waals surface area contributed by atoms with Crippen LogP contribution >= 0.6 is 12.4 Å². The summed E-state index contributed by atoms with van der Waals surface area (Å²) < 4.78 is 6.28. The summed E-state index contributed by atoms with van der Waals surface area (Å²) in [5.74, 6) is 2.17. The summed E-state index contributed by atoms with van der Waals surface area (Å²) in [6.07, 6.45) is 4.26. The van der Waals surface area contributed by atoms with Gasteiger partial charge in [-0.2, -0.15) is 4.98 Å². The number of nitrogens with two attached hydrogens (primary N) is 2. The largest absolute Gasteiger partial charge is 0.455 e. The van der Waals surface area contributed by atoms with Crippen molar-refractivity contribution < 1.29 is 4.42 Å². The zero-order chi connectivity index (χ0) is 15.5. The van der Waals surface area contributed by atoms with Crippen LogP contribution in [-0.2, 0) is 11.8 Å². The molecule has 0 unspecified atom stereocenters. The summed E-state index contributed by atoms with van der Waals surface area (Å²) in [6.45, 7) is 6.15. The topological polar surface area (TPSA) is 94.2 Å². The van der Waals surface area contributed by atoms with Gasteiger partial charge in [-0.15, -0.1) is 12.4 Å². The van der Waals surface area contributed by atoms with Crippen molar-refractivity contribution in [3.63, 3.8) is 0 Å². The standard InChI is InChI=1S/C16H23N5O.ClH/c1-16(2)6-3-4-10-11-12(22-13(10)16)14(20-15(18)19-11)21-7-5-9(17)8-21;/h9H,3-8,17H2,1-2H3,(H2,18,19,20);1H/t9-;/m0./s1. The van der Waals surface area contributed by atoms with E-state index in [4.69, 9.17) is 15.9 Å². The molecule has 6 nitrogen and oxygen atoms in total. The predicted molar refractivity (Wildman–Crippen MR) is 94.2 cm³/mol. The minimum absolute atomic E-state index is 0. The van der Waals surface area contributed by atoms with Crippen molar-refractivity contribution in [2.24, 2.45) is 5.73 Å². The smallest absolute Gasteiger partial charge is 0.222 e. The van der Waals surface area contributed by atoms with Crippen LogP contribution < -0.4 is 16.4 Å². The number of nitrogen functional groups attached to an aromatic ring is 1. The molecule has 1 fully saturated rings. The second kappa shape index (κ2) is 5.53. The zero-order valence-electron chi connectivity index (χ0n) is 13.6. The fourth-order valence-corrected chi connectivity index (χ4v) is 3.82. The van der Waals surface area contributed by atoms with Gasteiger partial charge in [0.2, 0.25) is 5.95 Å². The van der Waals surface area contributed by atoms with Crippen molar-refractivity contribution in [1.82, 2.24) is 9.97 Å². The van der Waals surface area contributed by atoms with Crippen LogP contribution in [0.3, 0.4) is 0 Å². The molecule has 2 aromatic heterocycles. The van der Waals surface area contributed by atoms with E-state index in [0.29, 0.717) is 5.95 Å². The lowest BCUT2D eigenvalue weighted by atomic mass is 9.77. The van der Waals surface area contributed by atoms with Crippen LogP contribution in [0.4, 0.5) is 11.8 Å². The molecule has 1 aliphatic carbocycles. The first-order valence-electron chi connectivity index (χ1n) is 8.05. The van der Waals surface area contributed by atoms with Gasteiger partial charge in [-0.05, 0) is 25.7 Å². The molecule has 0 spiro atoms. The number of hydrogen-bond acceptors (Lipinski definition) is 6. The summed E-state index contributed by atoms with van der Waals surface area (Å²) in [5, 5.41) is 0. The van der Waals surface area contributed by atoms with Gasteiger partial charge in [-0.1, -0.05) is 13.8 Å². The molecule has 0 radical (unpaired) electrons. The van der Waals surface area contributed by atoms with Crippen LogP contribution in [0, 0.1) is 0 Å². The predicted octanol–water partition coefficient (Wildman–Crippen LogP) is 2.38. The van der Waals surface area contributed by atoms with Gasteiger partial charge in [-0.25, -0.2) is 4.98 Å². The Labute approximate surface area is 142 Å². The lowest BCUT2D eigenvalue weighted by Crippen LogP contribution is -2.27. The third kappa shape index (κ3) is 2.54. The van der Waals surface area contributed by atoms with Gasteiger partial charge >= 0.3 is 0 Å². The Morgan fingerprint density at radius 1 is 1.30 bits per heavy atom. The number of hydrogen-bond donors (Lipinski definition) is 2. The number of fused-ring (bicyclic) bond motifs is 3. The second-order valence-electron chi connectivity index (χ2n) is 7.23. The molecule has 0 aromatic carbocycles. The zero-order valence-corrected chi connectivity index (χ0v) is 14.4. The summed E-state index contributed by atoms with van der Waals surface area (Å²) in [6, 6.07) is 0.187. The molecule has 0 amide bonds. The van der Waals surface area contributed by atoms with Crippen LogP contribution in [0.15, 0.2) is 4.42 Å². The van der Waals surface area contributed by atoms with E-state index in [-0.39, 0.29) is 23.9 Å². The van der Waals surface area contributed by atoms with Crippen molar-refractivity contribution in [3.05, 3.63) is 11.3 Å². The normalized spacial score (nSPS) is 22.9. The Hall–Kier alpha value is -1.53. The molecular formula is C16H24ClN5O. The number of rotatable bonds is 1. The van der Waals surface area contributed by atoms with Crippen LogP contribution in [0.2, 0.25) is 0 Å². The lowest BCUT2D eigenvalue weighted by Gasteiger charge is -2.27. The van der Waals surface area contributed by atoms with E-state index in [1.54, 1.807) is 0 Å². The number of nitrogens with zero attached hydrogens (tertiary/aromatic N) is 3. The Kier molecular flexibility index (Phi) is 3.92. The van der Waals surface area contributed by atoms with Gasteiger partial charge in [0, 0.05) is 30.1 Å². The SMILES string of the molecule is CC1(C)CCCc2c1oc1c(N3CC[C@H](N)C3)nc(N)nc21.Cl. The third-order valence-corrected chi connectivity index (χ3v) is 5.00. The van der Waals surface area contributed by atoms with Crippen molar-refractivity contribution in [3.8, 4) is 0 Å². The van der Waals surface area contributed by atoms with E-state index in [1.165, 1.54) is 5.56 Å². The first-order chi connectivity index (χ1) is 10.5. The Balaban J connectivity index is 0.00000156. The summed E-state index contributed by atoms with van der Waals surface area (Å²) in [4.78, 5) is 11.1. The van der Waals surface area contributed by atoms with E-state index in [9.17, 15) is 0 Å². The highest BCUT2D eigenvalue weighted by molar-refractivity contribution is 5.89. The minimum Gasteiger partial charge on any atom is -0.455 e. The van der Waals surface area contributed by atoms with E-state index in [1.807, 2.05) is 0 Å². The fraction of sp³-hybridized carbons (Fsp3) is 0.625. The molecule has 2 aliphatic rings. The minimum atomic E-state index is 0. The van der Waals surface area contributed by atoms with Gasteiger partial charge in [0.15, 0.2) is 11.4 Å². The first-order valence-corrected chi connectivity index (χ1v) is 8.05. The average Bonchev–Trinajstić information content (AvgIpc) is 3.03. The number of halogens is 1. The van der Waals surface area contributed by atoms with Crippen molar-refractivity contribution in [2.45, 2.75) is 51.0 Å². The average molecular weight is 338 g/mol. The third-order valence-electron chi connectivity index (χ3n) is 5.00. The number of aryl methyl sites for hydroxylation is 1. The van der Waals surface area contributed by atoms with Gasteiger partial charge in [-0.3, -0.25) is 0 Å². The van der Waals surface area contributed by atoms with Crippen LogP contribution in [-0.4, -0.2) is 29.1 Å². The molecule has 1 saturated heterocycles. The molecule has 1 aliphatic heterocycles. The summed E-state index contributed by atoms with van der Waals surface area (Å²) in [5.41, 5.74) is 14.9. The molecule has 23 heavy (non-hydrogen) atoms. The van der Waals surface area contributed by atoms with Gasteiger partial charge in [0.25, 0.3) is 0 Å². The first kappa shape index (κ1) is 16.3. The summed E-state index contributed by atoms with van der Waals surface area (Å²) in [7, 11) is 0. The molecule has 126 valence electrons. The molecule has 4 N–H and O–H groups in total. The molecule has 3 heterocycles. The molecule has 7 heteroatoms. The molecule has 0 bridgehead atoms. The van der Waals surface area contributed by atoms with Crippen LogP contribution in [0.5, 0.6) is 0 Å². The quantitative estimate of drug-likeness (QED) is 0.829. The van der Waals surface area contributed by atoms with Gasteiger partial charge in [0.05, 0.1) is 0 Å². The van der Waals surface area contributed by atoms with E-state index >= 15 is 0 Å². The molecule has 1 atom stereocenters. The maximum atomic E-state index is 6.28. The van der Waals surface area contributed by atoms with Gasteiger partial charge in [0.1, 0.15) is 11.3 Å². The molecule has 4 rings (SSSR count). The van der Waals surface area contributed by atoms with Crippen LogP contribution in [0.25, 0.3) is 11.1 Å². The fourth-order valence-electron chi connectivity index (χ4n) is 3.82. The van der Waals surface area contributed by atoms with E-state index in [0.717, 1.165) is 61.5 Å². The summed E-state index contributed by atoms with van der Waals surface area (Å²) >= 11 is 0. The second-order valence-corrected chi connectivity index (χ2v) is 7.23. The number of furan rings is 1. The molecule has 2 aromatic rings. The molecule has 0 saturated carbocycles. The van der Waals surface area contributed by atoms with Crippen molar-refractivity contribution in [2.75, 3.05) is 23.7 Å². The lowest BCUT2D eigenvalue weighted by molar-refractivity contribution is 0.345. The van der Waals surface area contributed by atoms with E-state index in [2.05, 4.69) is 28.7 Å². The van der Waals surface area contributed by atoms with Gasteiger partial charge < -0.3 is 20.8 Å². The maximum Gasteiger partial charge on any atom is 0.222 e. The number of anilines is 2. The highest BCUT2D eigenvalue weighted by Gasteiger charge is 2.35. The Morgan fingerprint density at radius 3 is 2.78 bits per heavy atom.